The Kier molecular flexibility index (Phi) is 3.94. The fourth-order valence-corrected chi connectivity index (χ4v) is 2.61. The molecule has 2 heterocycles. The summed E-state index contributed by atoms with van der Waals surface area (Å²) in [7, 11) is 0. The van der Waals surface area contributed by atoms with Crippen LogP contribution in [0.25, 0.3) is 17.6 Å². The van der Waals surface area contributed by atoms with Crippen LogP contribution >= 0.6 is 0 Å². The van der Waals surface area contributed by atoms with Gasteiger partial charge in [-0.15, -0.1) is 0 Å². The van der Waals surface area contributed by atoms with Crippen LogP contribution in [0.3, 0.4) is 0 Å². The Morgan fingerprint density at radius 2 is 1.88 bits per heavy atom. The Morgan fingerprint density at radius 3 is 2.46 bits per heavy atom. The van der Waals surface area contributed by atoms with E-state index < -0.39 is 11.7 Å². The molecule has 0 saturated heterocycles. The Hall–Kier alpha value is -2.94. The van der Waals surface area contributed by atoms with E-state index in [4.69, 9.17) is 0 Å². The third-order valence-corrected chi connectivity index (χ3v) is 3.77. The maximum atomic E-state index is 12.7. The van der Waals surface area contributed by atoms with E-state index in [0.29, 0.717) is 17.0 Å². The number of nitriles is 1. The van der Waals surface area contributed by atoms with Crippen LogP contribution < -0.4 is 5.32 Å². The summed E-state index contributed by atoms with van der Waals surface area (Å²) < 4.78 is 39.8. The highest BCUT2D eigenvalue weighted by atomic mass is 19.4. The molecule has 0 aliphatic carbocycles. The van der Waals surface area contributed by atoms with Crippen molar-refractivity contribution in [2.75, 3.05) is 0 Å². The molecule has 1 N–H and O–H groups in total. The fourth-order valence-electron chi connectivity index (χ4n) is 2.61. The van der Waals surface area contributed by atoms with Gasteiger partial charge in [0.05, 0.1) is 22.7 Å². The van der Waals surface area contributed by atoms with Crippen molar-refractivity contribution in [3.05, 3.63) is 65.0 Å². The summed E-state index contributed by atoms with van der Waals surface area (Å²) >= 11 is 0. The molecule has 0 bridgehead atoms. The number of benzene rings is 1. The number of aromatic nitrogens is 1. The average molecular weight is 329 g/mol. The molecule has 122 valence electrons. The molecule has 24 heavy (non-hydrogen) atoms. The molecule has 1 aromatic heterocycles. The summed E-state index contributed by atoms with van der Waals surface area (Å²) in [5, 5.41) is 12.4. The summed E-state index contributed by atoms with van der Waals surface area (Å²) in [4.78, 5) is 0. The van der Waals surface area contributed by atoms with Gasteiger partial charge in [-0.25, -0.2) is 0 Å². The first-order valence-electron chi connectivity index (χ1n) is 7.42. The van der Waals surface area contributed by atoms with Crippen molar-refractivity contribution >= 4 is 17.6 Å². The highest BCUT2D eigenvalue weighted by molar-refractivity contribution is 5.86. The number of allylic oxidation sites excluding steroid dienone is 1. The molecule has 0 atom stereocenters. The first-order chi connectivity index (χ1) is 11.4. The van der Waals surface area contributed by atoms with Crippen LogP contribution in [0.2, 0.25) is 0 Å². The van der Waals surface area contributed by atoms with Gasteiger partial charge in [0.25, 0.3) is 0 Å². The molecule has 3 rings (SSSR count). The van der Waals surface area contributed by atoms with Gasteiger partial charge in [0.2, 0.25) is 0 Å². The number of hydrogen-bond donors (Lipinski definition) is 1. The van der Waals surface area contributed by atoms with Gasteiger partial charge < -0.3 is 9.88 Å². The summed E-state index contributed by atoms with van der Waals surface area (Å²) in [5.41, 5.74) is 2.72. The minimum atomic E-state index is -4.36. The van der Waals surface area contributed by atoms with E-state index in [1.54, 1.807) is 16.8 Å². The van der Waals surface area contributed by atoms with Gasteiger partial charge in [-0.1, -0.05) is 25.1 Å². The smallest absolute Gasteiger partial charge is 0.352 e. The molecule has 3 nitrogen and oxygen atoms in total. The van der Waals surface area contributed by atoms with Crippen molar-refractivity contribution in [3.63, 3.8) is 0 Å². The SMILES string of the molecule is CC/C=C1/NC(c2ccc(C(F)(F)F)cc2)=Cn2c(C#N)ccc21. The van der Waals surface area contributed by atoms with E-state index in [2.05, 4.69) is 11.4 Å². The maximum Gasteiger partial charge on any atom is 0.416 e. The number of hydrogen-bond acceptors (Lipinski definition) is 2. The molecule has 0 amide bonds. The van der Waals surface area contributed by atoms with Crippen molar-refractivity contribution < 1.29 is 13.2 Å². The molecule has 0 spiro atoms. The molecule has 0 radical (unpaired) electrons. The molecule has 0 fully saturated rings. The fraction of sp³-hybridized carbons (Fsp3) is 0.167. The molecule has 6 heteroatoms. The second kappa shape index (κ2) is 5.93. The number of nitrogens with one attached hydrogen (secondary N) is 1. The zero-order chi connectivity index (χ0) is 17.3. The number of nitrogens with zero attached hydrogens (tertiary/aromatic N) is 2. The standard InChI is InChI=1S/C18H14F3N3/c1-2-3-15-17-9-8-14(10-22)24(17)11-16(23-15)12-4-6-13(7-5-12)18(19,20)21/h3-9,11,23H,2H2,1H3/b15-3+. The van der Waals surface area contributed by atoms with Gasteiger partial charge in [-0.05, 0) is 36.2 Å². The molecule has 0 unspecified atom stereocenters. The van der Waals surface area contributed by atoms with Crippen molar-refractivity contribution in [2.45, 2.75) is 19.5 Å². The predicted molar refractivity (Wildman–Crippen MR) is 86.2 cm³/mol. The van der Waals surface area contributed by atoms with Crippen molar-refractivity contribution in [1.82, 2.24) is 9.88 Å². The minimum absolute atomic E-state index is 0.470. The van der Waals surface area contributed by atoms with Gasteiger partial charge in [0.15, 0.2) is 0 Å². The molecule has 0 saturated carbocycles. The molecule has 1 aliphatic heterocycles. The summed E-state index contributed by atoms with van der Waals surface area (Å²) in [6.45, 7) is 1.99. The summed E-state index contributed by atoms with van der Waals surface area (Å²) in [6, 6.07) is 10.6. The third kappa shape index (κ3) is 2.81. The van der Waals surface area contributed by atoms with Gasteiger partial charge in [0.1, 0.15) is 11.8 Å². The van der Waals surface area contributed by atoms with Crippen LogP contribution in [0.15, 0.2) is 42.5 Å². The predicted octanol–water partition coefficient (Wildman–Crippen LogP) is 4.69. The first kappa shape index (κ1) is 15.9. The summed E-state index contributed by atoms with van der Waals surface area (Å²) in [5.74, 6) is 0. The van der Waals surface area contributed by atoms with Crippen molar-refractivity contribution in [3.8, 4) is 6.07 Å². The topological polar surface area (TPSA) is 40.8 Å². The van der Waals surface area contributed by atoms with E-state index >= 15 is 0 Å². The Balaban J connectivity index is 2.05. The maximum absolute atomic E-state index is 12.7. The number of rotatable bonds is 2. The van der Waals surface area contributed by atoms with E-state index in [1.807, 2.05) is 19.1 Å². The largest absolute Gasteiger partial charge is 0.416 e. The van der Waals surface area contributed by atoms with Crippen LogP contribution in [0.4, 0.5) is 13.2 Å². The molecule has 1 aliphatic rings. The number of alkyl halides is 3. The zero-order valence-corrected chi connectivity index (χ0v) is 12.9. The van der Waals surface area contributed by atoms with E-state index in [1.165, 1.54) is 12.1 Å². The lowest BCUT2D eigenvalue weighted by Crippen LogP contribution is -2.19. The quantitative estimate of drug-likeness (QED) is 0.868. The van der Waals surface area contributed by atoms with Crippen LogP contribution in [0.1, 0.15) is 35.9 Å². The van der Waals surface area contributed by atoms with Gasteiger partial charge in [-0.3, -0.25) is 0 Å². The molecule has 1 aromatic carbocycles. The van der Waals surface area contributed by atoms with Crippen molar-refractivity contribution in [2.24, 2.45) is 0 Å². The van der Waals surface area contributed by atoms with Crippen molar-refractivity contribution in [1.29, 1.82) is 5.26 Å². The zero-order valence-electron chi connectivity index (χ0n) is 12.9. The lowest BCUT2D eigenvalue weighted by atomic mass is 10.1. The van der Waals surface area contributed by atoms with E-state index in [9.17, 15) is 18.4 Å². The van der Waals surface area contributed by atoms with Gasteiger partial charge >= 0.3 is 6.18 Å². The van der Waals surface area contributed by atoms with Crippen LogP contribution in [0.5, 0.6) is 0 Å². The second-order valence-corrected chi connectivity index (χ2v) is 5.35. The Morgan fingerprint density at radius 1 is 1.17 bits per heavy atom. The second-order valence-electron chi connectivity index (χ2n) is 5.35. The third-order valence-electron chi connectivity index (χ3n) is 3.77. The van der Waals surface area contributed by atoms with Crippen LogP contribution in [-0.2, 0) is 6.18 Å². The Labute approximate surface area is 137 Å². The van der Waals surface area contributed by atoms with Crippen LogP contribution in [0, 0.1) is 11.3 Å². The first-order valence-corrected chi connectivity index (χ1v) is 7.42. The number of halogens is 3. The van der Waals surface area contributed by atoms with E-state index in [-0.39, 0.29) is 0 Å². The monoisotopic (exact) mass is 329 g/mol. The average Bonchev–Trinajstić information content (AvgIpc) is 2.97. The molecular weight excluding hydrogens is 315 g/mol. The van der Waals surface area contributed by atoms with Gasteiger partial charge in [-0.2, -0.15) is 18.4 Å². The highest BCUT2D eigenvalue weighted by Gasteiger charge is 2.30. The lowest BCUT2D eigenvalue weighted by Gasteiger charge is -2.22. The van der Waals surface area contributed by atoms with Gasteiger partial charge in [0, 0.05) is 6.20 Å². The Bertz CT molecular complexity index is 862. The summed E-state index contributed by atoms with van der Waals surface area (Å²) in [6.07, 6.45) is 0.130. The minimum Gasteiger partial charge on any atom is -0.352 e. The highest BCUT2D eigenvalue weighted by Crippen LogP contribution is 2.32. The molecular formula is C18H14F3N3. The normalized spacial score (nSPS) is 15.5. The lowest BCUT2D eigenvalue weighted by molar-refractivity contribution is -0.137. The molecule has 2 aromatic rings. The van der Waals surface area contributed by atoms with E-state index in [0.717, 1.165) is 29.9 Å². The van der Waals surface area contributed by atoms with Crippen LogP contribution in [-0.4, -0.2) is 4.57 Å². The number of fused-ring (bicyclic) bond motifs is 1.